The molecule has 0 atom stereocenters. The summed E-state index contributed by atoms with van der Waals surface area (Å²) < 4.78 is 0. The number of benzene rings is 4. The van der Waals surface area contributed by atoms with Gasteiger partial charge in [-0.2, -0.15) is 0 Å². The first kappa shape index (κ1) is 26.8. The van der Waals surface area contributed by atoms with Crippen LogP contribution in [0.1, 0.15) is 74.6 Å². The fourth-order valence-electron chi connectivity index (χ4n) is 6.45. The van der Waals surface area contributed by atoms with Crippen LogP contribution in [0.4, 0.5) is 0 Å². The van der Waals surface area contributed by atoms with E-state index in [-0.39, 0.29) is 0 Å². The molecule has 0 aliphatic heterocycles. The van der Waals surface area contributed by atoms with Crippen LogP contribution >= 0.6 is 11.3 Å². The van der Waals surface area contributed by atoms with Crippen molar-refractivity contribution >= 4 is 39.0 Å². The van der Waals surface area contributed by atoms with E-state index in [1.807, 2.05) is 11.3 Å². The molecule has 1 aliphatic rings. The Hall–Kier alpha value is -3.42. The number of hydrogen-bond acceptors (Lipinski definition) is 1. The van der Waals surface area contributed by atoms with Gasteiger partial charge in [0.05, 0.1) is 0 Å². The maximum Gasteiger partial charge on any atom is 0.0355 e. The van der Waals surface area contributed by atoms with E-state index in [0.29, 0.717) is 0 Å². The molecule has 0 saturated heterocycles. The minimum Gasteiger partial charge on any atom is -0.135 e. The summed E-state index contributed by atoms with van der Waals surface area (Å²) in [5, 5.41) is 5.59. The predicted octanol–water partition coefficient (Wildman–Crippen LogP) is 12.0. The first-order valence-electron chi connectivity index (χ1n) is 15.3. The number of thiophene rings is 1. The van der Waals surface area contributed by atoms with Gasteiger partial charge in [-0.1, -0.05) is 118 Å². The highest BCUT2D eigenvalue weighted by atomic mass is 32.1. The molecule has 1 heterocycles. The number of hydrogen-bond donors (Lipinski definition) is 0. The average molecular weight is 541 g/mol. The topological polar surface area (TPSA) is 0 Å². The minimum atomic E-state index is 1.04. The first-order valence-corrected chi connectivity index (χ1v) is 16.1. The largest absolute Gasteiger partial charge is 0.135 e. The Balaban J connectivity index is 1.48. The SMILES string of the molecule is CCCCCc1c2c(c(CCCCC)c3cc(-c4ccc(-c5cccc6ccccc56)s4)ccc13)CC=CC=C2. The van der Waals surface area contributed by atoms with E-state index < -0.39 is 0 Å². The summed E-state index contributed by atoms with van der Waals surface area (Å²) in [6.45, 7) is 4.61. The van der Waals surface area contributed by atoms with Crippen molar-refractivity contribution in [3.63, 3.8) is 0 Å². The van der Waals surface area contributed by atoms with Crippen molar-refractivity contribution in [3.8, 4) is 20.9 Å². The smallest absolute Gasteiger partial charge is 0.0355 e. The summed E-state index contributed by atoms with van der Waals surface area (Å²) in [6.07, 6.45) is 20.2. The number of allylic oxidation sites excluding steroid dienone is 3. The van der Waals surface area contributed by atoms with Crippen LogP contribution in [0, 0.1) is 0 Å². The maximum absolute atomic E-state index is 2.53. The third-order valence-corrected chi connectivity index (χ3v) is 9.69. The van der Waals surface area contributed by atoms with Crippen LogP contribution in [0.25, 0.3) is 48.5 Å². The first-order chi connectivity index (χ1) is 19.8. The van der Waals surface area contributed by atoms with Crippen molar-refractivity contribution in [1.29, 1.82) is 0 Å². The summed E-state index contributed by atoms with van der Waals surface area (Å²) >= 11 is 1.92. The summed E-state index contributed by atoms with van der Waals surface area (Å²) in [6, 6.07) is 27.4. The van der Waals surface area contributed by atoms with Crippen molar-refractivity contribution < 1.29 is 0 Å². The van der Waals surface area contributed by atoms with Crippen LogP contribution in [0.15, 0.2) is 91.0 Å². The van der Waals surface area contributed by atoms with Gasteiger partial charge in [0.1, 0.15) is 0 Å². The van der Waals surface area contributed by atoms with E-state index in [0.717, 1.165) is 12.8 Å². The summed E-state index contributed by atoms with van der Waals surface area (Å²) in [5.74, 6) is 0. The normalized spacial score (nSPS) is 12.8. The van der Waals surface area contributed by atoms with Crippen LogP contribution < -0.4 is 0 Å². The maximum atomic E-state index is 2.53. The number of rotatable bonds is 10. The molecular formula is C39H40S. The second kappa shape index (κ2) is 12.4. The lowest BCUT2D eigenvalue weighted by molar-refractivity contribution is 0.712. The molecule has 202 valence electrons. The molecule has 40 heavy (non-hydrogen) atoms. The summed E-state index contributed by atoms with van der Waals surface area (Å²) in [7, 11) is 0. The van der Waals surface area contributed by atoms with Crippen molar-refractivity contribution in [2.24, 2.45) is 0 Å². The molecule has 0 spiro atoms. The van der Waals surface area contributed by atoms with Crippen molar-refractivity contribution in [2.45, 2.75) is 71.6 Å². The van der Waals surface area contributed by atoms with Gasteiger partial charge in [-0.15, -0.1) is 11.3 Å². The Morgan fingerprint density at radius 3 is 2.27 bits per heavy atom. The third-order valence-electron chi connectivity index (χ3n) is 8.52. The molecular weight excluding hydrogens is 500 g/mol. The fourth-order valence-corrected chi connectivity index (χ4v) is 7.49. The van der Waals surface area contributed by atoms with Crippen LogP contribution in [-0.2, 0) is 19.3 Å². The van der Waals surface area contributed by atoms with E-state index in [9.17, 15) is 0 Å². The molecule has 0 bridgehead atoms. The lowest BCUT2D eigenvalue weighted by Crippen LogP contribution is -2.04. The van der Waals surface area contributed by atoms with Gasteiger partial charge >= 0.3 is 0 Å². The van der Waals surface area contributed by atoms with E-state index in [4.69, 9.17) is 0 Å². The van der Waals surface area contributed by atoms with E-state index in [2.05, 4.69) is 111 Å². The Kier molecular flexibility index (Phi) is 8.30. The molecule has 1 heteroatoms. The highest BCUT2D eigenvalue weighted by Crippen LogP contribution is 2.41. The van der Waals surface area contributed by atoms with E-state index >= 15 is 0 Å². The van der Waals surface area contributed by atoms with Gasteiger partial charge < -0.3 is 0 Å². The van der Waals surface area contributed by atoms with Gasteiger partial charge in [0, 0.05) is 9.75 Å². The fraction of sp³-hybridized carbons (Fsp3) is 0.282. The molecule has 0 radical (unpaired) electrons. The molecule has 1 aliphatic carbocycles. The zero-order valence-electron chi connectivity index (χ0n) is 24.0. The molecule has 1 aromatic heterocycles. The van der Waals surface area contributed by atoms with Crippen LogP contribution in [-0.4, -0.2) is 0 Å². The zero-order chi connectivity index (χ0) is 27.3. The van der Waals surface area contributed by atoms with Gasteiger partial charge in [-0.25, -0.2) is 0 Å². The van der Waals surface area contributed by atoms with Gasteiger partial charge in [0.2, 0.25) is 0 Å². The summed E-state index contributed by atoms with van der Waals surface area (Å²) in [4.78, 5) is 2.69. The molecule has 4 aromatic carbocycles. The molecule has 0 N–H and O–H groups in total. The molecule has 0 saturated carbocycles. The van der Waals surface area contributed by atoms with Gasteiger partial charge in [-0.05, 0) is 105 Å². The lowest BCUT2D eigenvalue weighted by atomic mass is 9.83. The highest BCUT2D eigenvalue weighted by molar-refractivity contribution is 7.18. The number of fused-ring (bicyclic) bond motifs is 3. The van der Waals surface area contributed by atoms with Crippen LogP contribution in [0.5, 0.6) is 0 Å². The third kappa shape index (κ3) is 5.32. The van der Waals surface area contributed by atoms with E-state index in [1.165, 1.54) is 92.9 Å². The number of unbranched alkanes of at least 4 members (excludes halogenated alkanes) is 4. The Labute approximate surface area is 244 Å². The standard InChI is InChI=1S/C39H40S/c1-3-5-8-18-33-31-20-10-7-11-21-32(31)34(19-9-6-4-2)37-27-29(23-24-35(33)37)38-25-26-39(40-38)36-22-14-16-28-15-12-13-17-30(28)36/h7,10-17,20,22-27H,3-6,8-9,18-19,21H2,1-2H3. The van der Waals surface area contributed by atoms with Crippen molar-refractivity contribution in [3.05, 3.63) is 113 Å². The average Bonchev–Trinajstić information content (AvgIpc) is 3.36. The highest BCUT2D eigenvalue weighted by Gasteiger charge is 2.19. The molecule has 0 fully saturated rings. The summed E-state index contributed by atoms with van der Waals surface area (Å²) in [5.41, 5.74) is 8.90. The van der Waals surface area contributed by atoms with Gasteiger partial charge in [0.25, 0.3) is 0 Å². The van der Waals surface area contributed by atoms with Crippen molar-refractivity contribution in [2.75, 3.05) is 0 Å². The van der Waals surface area contributed by atoms with Crippen LogP contribution in [0.3, 0.4) is 0 Å². The van der Waals surface area contributed by atoms with Crippen LogP contribution in [0.2, 0.25) is 0 Å². The molecule has 6 rings (SSSR count). The van der Waals surface area contributed by atoms with Gasteiger partial charge in [0.15, 0.2) is 0 Å². The monoisotopic (exact) mass is 540 g/mol. The molecule has 0 nitrogen and oxygen atoms in total. The van der Waals surface area contributed by atoms with E-state index in [1.54, 1.807) is 16.7 Å². The molecule has 0 unspecified atom stereocenters. The Morgan fingerprint density at radius 1 is 0.650 bits per heavy atom. The van der Waals surface area contributed by atoms with Gasteiger partial charge in [-0.3, -0.25) is 0 Å². The Morgan fingerprint density at radius 2 is 1.43 bits per heavy atom. The Bertz CT molecular complexity index is 1690. The predicted molar refractivity (Wildman–Crippen MR) is 179 cm³/mol. The molecule has 0 amide bonds. The second-order valence-electron chi connectivity index (χ2n) is 11.2. The lowest BCUT2D eigenvalue weighted by Gasteiger charge is -2.21. The zero-order valence-corrected chi connectivity index (χ0v) is 24.8. The minimum absolute atomic E-state index is 1.04. The second-order valence-corrected chi connectivity index (χ2v) is 12.3. The number of aryl methyl sites for hydroxylation is 2. The van der Waals surface area contributed by atoms with Crippen molar-refractivity contribution in [1.82, 2.24) is 0 Å². The molecule has 5 aromatic rings. The quantitative estimate of drug-likeness (QED) is 0.155.